The Balaban J connectivity index is 0.955. The fraction of sp³-hybridized carbons (Fsp3) is 0.108. The number of para-hydroxylation sites is 1. The van der Waals surface area contributed by atoms with E-state index in [1.54, 1.807) is 0 Å². The molecule has 3 aliphatic carbocycles. The van der Waals surface area contributed by atoms with Gasteiger partial charge in [0.05, 0.1) is 5.69 Å². The molecule has 0 bridgehead atoms. The minimum absolute atomic E-state index is 0.0790. The molecule has 358 valence electrons. The van der Waals surface area contributed by atoms with Gasteiger partial charge in [0.25, 0.3) is 0 Å². The summed E-state index contributed by atoms with van der Waals surface area (Å²) in [5, 5.41) is 0. The van der Waals surface area contributed by atoms with Gasteiger partial charge in [-0.15, -0.1) is 0 Å². The van der Waals surface area contributed by atoms with Gasteiger partial charge in [0.15, 0.2) is 0 Å². The van der Waals surface area contributed by atoms with E-state index in [2.05, 4.69) is 294 Å². The monoisotopic (exact) mass is 959 g/mol. The molecule has 0 radical (unpaired) electrons. The molecule has 0 heterocycles. The molecule has 0 atom stereocenters. The van der Waals surface area contributed by atoms with Crippen LogP contribution in [-0.2, 0) is 16.2 Å². The van der Waals surface area contributed by atoms with Gasteiger partial charge in [0.2, 0.25) is 0 Å². The normalized spacial score (nSPS) is 14.5. The third-order valence-electron chi connectivity index (χ3n) is 17.4. The summed E-state index contributed by atoms with van der Waals surface area (Å²) in [6.07, 6.45) is 0. The van der Waals surface area contributed by atoms with Crippen LogP contribution in [0.5, 0.6) is 0 Å². The van der Waals surface area contributed by atoms with E-state index in [9.17, 15) is 0 Å². The summed E-state index contributed by atoms with van der Waals surface area (Å²) in [6.45, 7) is 12.0. The van der Waals surface area contributed by atoms with Crippen molar-refractivity contribution in [1.29, 1.82) is 0 Å². The first-order valence-electron chi connectivity index (χ1n) is 26.6. The molecule has 11 aromatic rings. The number of fused-ring (bicyclic) bond motifs is 9. The number of benzene rings is 11. The van der Waals surface area contributed by atoms with Gasteiger partial charge in [-0.05, 0) is 161 Å². The fourth-order valence-corrected chi connectivity index (χ4v) is 13.5. The minimum atomic E-state index is -0.407. The first-order valence-corrected chi connectivity index (χ1v) is 26.6. The summed E-state index contributed by atoms with van der Waals surface area (Å²) in [6, 6.07) is 95.6. The topological polar surface area (TPSA) is 3.24 Å². The van der Waals surface area contributed by atoms with Gasteiger partial charge in [-0.2, -0.15) is 0 Å². The third kappa shape index (κ3) is 6.77. The predicted molar refractivity (Wildman–Crippen MR) is 315 cm³/mol. The van der Waals surface area contributed by atoms with Crippen molar-refractivity contribution in [3.63, 3.8) is 0 Å². The van der Waals surface area contributed by atoms with Crippen LogP contribution in [0, 0.1) is 0 Å². The van der Waals surface area contributed by atoms with E-state index in [1.807, 2.05) is 0 Å². The lowest BCUT2D eigenvalue weighted by Crippen LogP contribution is -2.23. The molecule has 0 aromatic heterocycles. The summed E-state index contributed by atoms with van der Waals surface area (Å²) >= 11 is 0. The van der Waals surface area contributed by atoms with Gasteiger partial charge in [0, 0.05) is 33.2 Å². The smallest absolute Gasteiger partial charge is 0.0540 e. The molecule has 0 N–H and O–H groups in total. The van der Waals surface area contributed by atoms with Crippen molar-refractivity contribution in [2.75, 3.05) is 4.90 Å². The lowest BCUT2D eigenvalue weighted by molar-refractivity contribution is 0.660. The Morgan fingerprint density at radius 1 is 0.240 bits per heavy atom. The number of nitrogens with zero attached hydrogens (tertiary/aromatic N) is 1. The minimum Gasteiger partial charge on any atom is -0.310 e. The number of rotatable bonds is 8. The molecular formula is C74H57N. The first-order chi connectivity index (χ1) is 36.6. The molecule has 0 aliphatic heterocycles. The Kier molecular flexibility index (Phi) is 10.1. The van der Waals surface area contributed by atoms with Crippen LogP contribution < -0.4 is 4.90 Å². The van der Waals surface area contributed by atoms with Gasteiger partial charge in [0.1, 0.15) is 0 Å². The molecular weight excluding hydrogens is 903 g/mol. The molecule has 3 aliphatic rings. The van der Waals surface area contributed by atoms with E-state index in [0.717, 1.165) is 17.1 Å². The highest BCUT2D eigenvalue weighted by Crippen LogP contribution is 2.57. The largest absolute Gasteiger partial charge is 0.310 e. The average molecular weight is 960 g/mol. The Morgan fingerprint density at radius 2 is 0.627 bits per heavy atom. The summed E-state index contributed by atoms with van der Waals surface area (Å²) < 4.78 is 0. The predicted octanol–water partition coefficient (Wildman–Crippen LogP) is 19.8. The van der Waals surface area contributed by atoms with Crippen molar-refractivity contribution in [3.8, 4) is 77.9 Å². The van der Waals surface area contributed by atoms with Crippen molar-refractivity contribution < 1.29 is 0 Å². The second-order valence-electron chi connectivity index (χ2n) is 22.1. The van der Waals surface area contributed by atoms with Crippen LogP contribution in [0.25, 0.3) is 77.9 Å². The van der Waals surface area contributed by atoms with Crippen molar-refractivity contribution in [3.05, 3.63) is 294 Å². The van der Waals surface area contributed by atoms with E-state index < -0.39 is 5.41 Å². The highest BCUT2D eigenvalue weighted by molar-refractivity contribution is 5.98. The van der Waals surface area contributed by atoms with Crippen LogP contribution in [-0.4, -0.2) is 0 Å². The molecule has 14 rings (SSSR count). The van der Waals surface area contributed by atoms with Crippen molar-refractivity contribution in [2.45, 2.75) is 50.9 Å². The highest BCUT2D eigenvalue weighted by Gasteiger charge is 2.43. The molecule has 0 fully saturated rings. The standard InChI is InChI=1S/C74H57N/c1-72(2)63-30-16-12-25-55(63)58-42-38-52(46-67(58)72)49-35-39-53(40-36-49)75(54-41-44-60-59-43-37-51(48-21-8-6-9-22-48)45-68(59)73(3,4)69(60)47-54)70-34-19-15-28-61(70)62-29-20-33-66(71(62)50-23-10-7-11-24-50)74(5)64-31-17-13-26-56(64)57-27-14-18-32-65(57)74/h6-47H,1-5H3. The SMILES string of the molecule is CC1(C)c2ccccc2-c2ccc(-c3ccc(N(c4ccc5c(c4)C(C)(C)c4cc(-c6ccccc6)ccc4-5)c4ccccc4-c4cccc(C5(C)c6ccccc6-c6ccccc65)c4-c4ccccc4)cc3)cc21. The maximum absolute atomic E-state index is 2.51. The molecule has 0 saturated carbocycles. The van der Waals surface area contributed by atoms with Crippen LogP contribution in [0.1, 0.15) is 73.6 Å². The third-order valence-corrected chi connectivity index (χ3v) is 17.4. The second kappa shape index (κ2) is 16.9. The first kappa shape index (κ1) is 44.9. The molecule has 0 spiro atoms. The zero-order chi connectivity index (χ0) is 50.6. The van der Waals surface area contributed by atoms with Crippen molar-refractivity contribution >= 4 is 17.1 Å². The van der Waals surface area contributed by atoms with Crippen LogP contribution >= 0.6 is 0 Å². The number of hydrogen-bond donors (Lipinski definition) is 0. The van der Waals surface area contributed by atoms with Crippen molar-refractivity contribution in [1.82, 2.24) is 0 Å². The van der Waals surface area contributed by atoms with Gasteiger partial charge < -0.3 is 4.90 Å². The molecule has 0 unspecified atom stereocenters. The van der Waals surface area contributed by atoms with Gasteiger partial charge >= 0.3 is 0 Å². The molecule has 1 nitrogen and oxygen atoms in total. The zero-order valence-electron chi connectivity index (χ0n) is 43.2. The maximum atomic E-state index is 2.51. The van der Waals surface area contributed by atoms with Gasteiger partial charge in [-0.3, -0.25) is 0 Å². The molecule has 11 aromatic carbocycles. The summed E-state index contributed by atoms with van der Waals surface area (Å²) in [5.74, 6) is 0. The molecule has 75 heavy (non-hydrogen) atoms. The number of anilines is 3. The van der Waals surface area contributed by atoms with E-state index >= 15 is 0 Å². The second-order valence-corrected chi connectivity index (χ2v) is 22.1. The fourth-order valence-electron chi connectivity index (χ4n) is 13.5. The van der Waals surface area contributed by atoms with Crippen molar-refractivity contribution in [2.24, 2.45) is 0 Å². The average Bonchev–Trinajstić information content (AvgIpc) is 4.04. The highest BCUT2D eigenvalue weighted by atomic mass is 15.1. The summed E-state index contributed by atoms with van der Waals surface area (Å²) in [4.78, 5) is 2.51. The lowest BCUT2D eigenvalue weighted by Gasteiger charge is -2.33. The lowest BCUT2D eigenvalue weighted by atomic mass is 9.70. The van der Waals surface area contributed by atoms with E-state index in [4.69, 9.17) is 0 Å². The Bertz CT molecular complexity index is 4020. The number of hydrogen-bond acceptors (Lipinski definition) is 1. The zero-order valence-corrected chi connectivity index (χ0v) is 43.2. The van der Waals surface area contributed by atoms with Gasteiger partial charge in [-0.25, -0.2) is 0 Å². The molecule has 1 heteroatoms. The van der Waals surface area contributed by atoms with Crippen LogP contribution in [0.4, 0.5) is 17.1 Å². The van der Waals surface area contributed by atoms with Crippen LogP contribution in [0.3, 0.4) is 0 Å². The van der Waals surface area contributed by atoms with Crippen LogP contribution in [0.2, 0.25) is 0 Å². The molecule has 0 amide bonds. The van der Waals surface area contributed by atoms with Crippen LogP contribution in [0.15, 0.2) is 255 Å². The van der Waals surface area contributed by atoms with Gasteiger partial charge in [-0.1, -0.05) is 240 Å². The molecule has 0 saturated heterocycles. The summed E-state index contributed by atoms with van der Waals surface area (Å²) in [7, 11) is 0. The maximum Gasteiger partial charge on any atom is 0.0540 e. The quantitative estimate of drug-likeness (QED) is 0.147. The Labute approximate surface area is 442 Å². The Hall–Kier alpha value is -8.78. The van der Waals surface area contributed by atoms with E-state index in [-0.39, 0.29) is 10.8 Å². The van der Waals surface area contributed by atoms with E-state index in [1.165, 1.54) is 117 Å². The Morgan fingerprint density at radius 3 is 1.23 bits per heavy atom. The summed E-state index contributed by atoms with van der Waals surface area (Å²) in [5.41, 5.74) is 29.7. The van der Waals surface area contributed by atoms with E-state index in [0.29, 0.717) is 0 Å².